The van der Waals surface area contributed by atoms with Crippen LogP contribution in [0.3, 0.4) is 0 Å². The van der Waals surface area contributed by atoms with E-state index in [1.165, 1.54) is 0 Å². The van der Waals surface area contributed by atoms with Crippen molar-refractivity contribution in [3.63, 3.8) is 0 Å². The van der Waals surface area contributed by atoms with Gasteiger partial charge in [0.05, 0.1) is 23.8 Å². The molecule has 0 bridgehead atoms. The van der Waals surface area contributed by atoms with E-state index in [-0.39, 0.29) is 0 Å². The third-order valence-corrected chi connectivity index (χ3v) is 3.15. The number of hydrogen-bond acceptors (Lipinski definition) is 6. The fraction of sp³-hybridized carbons (Fsp3) is 0.125. The minimum Gasteiger partial charge on any atom is -0.469 e. The summed E-state index contributed by atoms with van der Waals surface area (Å²) in [6.45, 7) is 6.17. The van der Waals surface area contributed by atoms with Crippen LogP contribution in [-0.2, 0) is 0 Å². The van der Waals surface area contributed by atoms with E-state index in [9.17, 15) is 0 Å². The van der Waals surface area contributed by atoms with Crippen LogP contribution in [-0.4, -0.2) is 26.5 Å². The SMILES string of the molecule is C=CCNc1ncc(-c2cnccn2)c(-c2ccoc2C)n1. The summed E-state index contributed by atoms with van der Waals surface area (Å²) in [5.41, 5.74) is 3.19. The first kappa shape index (κ1) is 13.9. The molecule has 6 heteroatoms. The number of anilines is 1. The van der Waals surface area contributed by atoms with Gasteiger partial charge in [-0.15, -0.1) is 6.58 Å². The monoisotopic (exact) mass is 293 g/mol. The van der Waals surface area contributed by atoms with Crippen LogP contribution in [0.4, 0.5) is 5.95 Å². The van der Waals surface area contributed by atoms with Crippen LogP contribution in [0.2, 0.25) is 0 Å². The van der Waals surface area contributed by atoms with E-state index in [1.807, 2.05) is 13.0 Å². The van der Waals surface area contributed by atoms with E-state index in [4.69, 9.17) is 4.42 Å². The molecule has 0 spiro atoms. The number of nitrogens with one attached hydrogen (secondary N) is 1. The standard InChI is InChI=1S/C16H15N5O/c1-3-5-19-16-20-9-13(14-10-17-6-7-18-14)15(21-16)12-4-8-22-11(12)2/h3-4,6-10H,1,5H2,2H3,(H,19,20,21). The molecule has 1 N–H and O–H groups in total. The number of aryl methyl sites for hydroxylation is 1. The average Bonchev–Trinajstić information content (AvgIpc) is 2.99. The summed E-state index contributed by atoms with van der Waals surface area (Å²) in [4.78, 5) is 17.4. The lowest BCUT2D eigenvalue weighted by Gasteiger charge is -2.09. The minimum atomic E-state index is 0.531. The molecule has 0 fully saturated rings. The lowest BCUT2D eigenvalue weighted by atomic mass is 10.1. The van der Waals surface area contributed by atoms with Gasteiger partial charge in [0.25, 0.3) is 0 Å². The molecule has 0 aliphatic heterocycles. The van der Waals surface area contributed by atoms with Crippen molar-refractivity contribution in [3.8, 4) is 22.5 Å². The molecule has 6 nitrogen and oxygen atoms in total. The average molecular weight is 293 g/mol. The van der Waals surface area contributed by atoms with Crippen molar-refractivity contribution in [2.45, 2.75) is 6.92 Å². The van der Waals surface area contributed by atoms with Crippen LogP contribution in [0.15, 0.2) is 54.2 Å². The number of rotatable bonds is 5. The van der Waals surface area contributed by atoms with Crippen molar-refractivity contribution < 1.29 is 4.42 Å². The second-order valence-corrected chi connectivity index (χ2v) is 4.61. The molecule has 110 valence electrons. The van der Waals surface area contributed by atoms with E-state index in [1.54, 1.807) is 37.1 Å². The van der Waals surface area contributed by atoms with Gasteiger partial charge in [-0.1, -0.05) is 6.08 Å². The van der Waals surface area contributed by atoms with Gasteiger partial charge >= 0.3 is 0 Å². The Labute approximate surface area is 128 Å². The van der Waals surface area contributed by atoms with Gasteiger partial charge in [0.15, 0.2) is 0 Å². The van der Waals surface area contributed by atoms with Crippen LogP contribution in [0.1, 0.15) is 5.76 Å². The van der Waals surface area contributed by atoms with Crippen LogP contribution < -0.4 is 5.32 Å². The molecule has 0 aliphatic rings. The molecule has 3 heterocycles. The fourth-order valence-corrected chi connectivity index (χ4v) is 2.09. The first-order chi connectivity index (χ1) is 10.8. The molecule has 0 saturated carbocycles. The predicted molar refractivity (Wildman–Crippen MR) is 84.2 cm³/mol. The molecule has 0 aromatic carbocycles. The molecule has 0 saturated heterocycles. The molecule has 0 unspecified atom stereocenters. The molecule has 0 aliphatic carbocycles. The largest absolute Gasteiger partial charge is 0.469 e. The molecule has 0 amide bonds. The molecular weight excluding hydrogens is 278 g/mol. The molecule has 3 rings (SSSR count). The zero-order chi connectivity index (χ0) is 15.4. The van der Waals surface area contributed by atoms with Gasteiger partial charge in [0.2, 0.25) is 5.95 Å². The zero-order valence-corrected chi connectivity index (χ0v) is 12.2. The number of furan rings is 1. The molecule has 0 atom stereocenters. The Morgan fingerprint density at radius 2 is 2.14 bits per heavy atom. The van der Waals surface area contributed by atoms with Gasteiger partial charge in [-0.25, -0.2) is 9.97 Å². The Morgan fingerprint density at radius 1 is 1.23 bits per heavy atom. The first-order valence-corrected chi connectivity index (χ1v) is 6.82. The molecular formula is C16H15N5O. The molecule has 0 radical (unpaired) electrons. The maximum absolute atomic E-state index is 5.40. The second kappa shape index (κ2) is 6.17. The summed E-state index contributed by atoms with van der Waals surface area (Å²) >= 11 is 0. The summed E-state index contributed by atoms with van der Waals surface area (Å²) < 4.78 is 5.40. The number of hydrogen-bond donors (Lipinski definition) is 1. The lowest BCUT2D eigenvalue weighted by molar-refractivity contribution is 0.535. The Kier molecular flexibility index (Phi) is 3.91. The topological polar surface area (TPSA) is 76.7 Å². The van der Waals surface area contributed by atoms with Crippen LogP contribution >= 0.6 is 0 Å². The second-order valence-electron chi connectivity index (χ2n) is 4.61. The normalized spacial score (nSPS) is 10.4. The van der Waals surface area contributed by atoms with Crippen LogP contribution in [0.25, 0.3) is 22.5 Å². The van der Waals surface area contributed by atoms with Gasteiger partial charge in [-0.2, -0.15) is 0 Å². The Hall–Kier alpha value is -3.02. The van der Waals surface area contributed by atoms with Crippen molar-refractivity contribution in [1.29, 1.82) is 0 Å². The van der Waals surface area contributed by atoms with E-state index < -0.39 is 0 Å². The zero-order valence-electron chi connectivity index (χ0n) is 12.2. The Bertz CT molecular complexity index is 782. The highest BCUT2D eigenvalue weighted by molar-refractivity contribution is 5.79. The summed E-state index contributed by atoms with van der Waals surface area (Å²) in [7, 11) is 0. The highest BCUT2D eigenvalue weighted by atomic mass is 16.3. The maximum Gasteiger partial charge on any atom is 0.223 e. The molecule has 22 heavy (non-hydrogen) atoms. The fourth-order valence-electron chi connectivity index (χ4n) is 2.09. The summed E-state index contributed by atoms with van der Waals surface area (Å²) in [5.74, 6) is 1.32. The highest BCUT2D eigenvalue weighted by Crippen LogP contribution is 2.31. The van der Waals surface area contributed by atoms with E-state index in [2.05, 4.69) is 31.8 Å². The minimum absolute atomic E-state index is 0.531. The van der Waals surface area contributed by atoms with Crippen LogP contribution in [0, 0.1) is 6.92 Å². The van der Waals surface area contributed by atoms with E-state index in [0.29, 0.717) is 18.2 Å². The number of nitrogens with zero attached hydrogens (tertiary/aromatic N) is 4. The first-order valence-electron chi connectivity index (χ1n) is 6.82. The van der Waals surface area contributed by atoms with Gasteiger partial charge in [-0.3, -0.25) is 9.97 Å². The van der Waals surface area contributed by atoms with Crippen molar-refractivity contribution >= 4 is 5.95 Å². The third-order valence-electron chi connectivity index (χ3n) is 3.15. The molecule has 3 aromatic heterocycles. The summed E-state index contributed by atoms with van der Waals surface area (Å²) in [6.07, 6.45) is 10.1. The third kappa shape index (κ3) is 2.71. The van der Waals surface area contributed by atoms with Gasteiger partial charge in [0, 0.05) is 36.3 Å². The van der Waals surface area contributed by atoms with Crippen molar-refractivity contribution in [2.24, 2.45) is 0 Å². The highest BCUT2D eigenvalue weighted by Gasteiger charge is 2.15. The summed E-state index contributed by atoms with van der Waals surface area (Å²) in [5, 5.41) is 3.09. The molecule has 3 aromatic rings. The van der Waals surface area contributed by atoms with Crippen LogP contribution in [0.5, 0.6) is 0 Å². The van der Waals surface area contributed by atoms with E-state index >= 15 is 0 Å². The maximum atomic E-state index is 5.40. The van der Waals surface area contributed by atoms with Gasteiger partial charge in [0.1, 0.15) is 5.76 Å². The smallest absolute Gasteiger partial charge is 0.223 e. The van der Waals surface area contributed by atoms with E-state index in [0.717, 1.165) is 22.6 Å². The van der Waals surface area contributed by atoms with Crippen molar-refractivity contribution in [1.82, 2.24) is 19.9 Å². The Balaban J connectivity index is 2.13. The van der Waals surface area contributed by atoms with Gasteiger partial charge in [-0.05, 0) is 13.0 Å². The van der Waals surface area contributed by atoms with Crippen molar-refractivity contribution in [3.05, 3.63) is 55.5 Å². The lowest BCUT2D eigenvalue weighted by Crippen LogP contribution is -2.04. The summed E-state index contributed by atoms with van der Waals surface area (Å²) in [6, 6.07) is 1.88. The van der Waals surface area contributed by atoms with Gasteiger partial charge < -0.3 is 9.73 Å². The quantitative estimate of drug-likeness (QED) is 0.728. The predicted octanol–water partition coefficient (Wildman–Crippen LogP) is 3.10. The Morgan fingerprint density at radius 3 is 2.82 bits per heavy atom. The van der Waals surface area contributed by atoms with Crippen molar-refractivity contribution in [2.75, 3.05) is 11.9 Å². The number of aromatic nitrogens is 4.